The van der Waals surface area contributed by atoms with Crippen LogP contribution in [0.15, 0.2) is 73.3 Å². The molecule has 0 aliphatic carbocycles. The largest absolute Gasteiger partial charge is 0.368 e. The van der Waals surface area contributed by atoms with Crippen molar-refractivity contribution in [3.05, 3.63) is 84.4 Å². The molecule has 1 saturated heterocycles. The van der Waals surface area contributed by atoms with E-state index in [1.165, 1.54) is 0 Å². The number of hydrogen-bond acceptors (Lipinski definition) is 6. The molecule has 0 unspecified atom stereocenters. The second-order valence-electron chi connectivity index (χ2n) is 10.3. The maximum absolute atomic E-state index is 6.40. The minimum absolute atomic E-state index is 0.159. The maximum atomic E-state index is 6.40. The molecule has 0 aromatic heterocycles. The first-order chi connectivity index (χ1) is 17.4. The van der Waals surface area contributed by atoms with Gasteiger partial charge >= 0.3 is 0 Å². The van der Waals surface area contributed by atoms with Crippen LogP contribution < -0.4 is 0 Å². The third-order valence-corrected chi connectivity index (χ3v) is 7.72. The topological polar surface area (TPSA) is 55.4 Å². The minimum Gasteiger partial charge on any atom is -0.368 e. The smallest absolute Gasteiger partial charge is 0.187 e. The van der Waals surface area contributed by atoms with Crippen LogP contribution in [0.2, 0.25) is 25.7 Å². The predicted octanol–water partition coefficient (Wildman–Crippen LogP) is 5.80. The SMILES string of the molecule is C=CCO[C@@H]1O[C@@H](C)[C@H](OCc2ccccc2)[C@@H](OCOCC[Si](C)(C)C)[C@H]1OCc1ccccc1. The maximum Gasteiger partial charge on any atom is 0.187 e. The minimum atomic E-state index is -1.19. The fourth-order valence-corrected chi connectivity index (χ4v) is 4.72. The summed E-state index contributed by atoms with van der Waals surface area (Å²) in [5.41, 5.74) is 2.15. The average Bonchev–Trinajstić information content (AvgIpc) is 2.86. The van der Waals surface area contributed by atoms with Gasteiger partial charge in [0.25, 0.3) is 0 Å². The molecule has 2 aromatic carbocycles. The molecule has 1 aliphatic rings. The van der Waals surface area contributed by atoms with Crippen LogP contribution in [0.3, 0.4) is 0 Å². The van der Waals surface area contributed by atoms with Crippen LogP contribution in [-0.4, -0.2) is 58.8 Å². The van der Waals surface area contributed by atoms with Crippen molar-refractivity contribution in [3.63, 3.8) is 0 Å². The van der Waals surface area contributed by atoms with Crippen molar-refractivity contribution in [2.24, 2.45) is 0 Å². The molecule has 0 bridgehead atoms. The molecule has 0 amide bonds. The van der Waals surface area contributed by atoms with E-state index in [1.807, 2.05) is 67.6 Å². The zero-order chi connectivity index (χ0) is 25.8. The Morgan fingerprint density at radius 2 is 1.39 bits per heavy atom. The third-order valence-electron chi connectivity index (χ3n) is 6.02. The molecule has 5 atom stereocenters. The van der Waals surface area contributed by atoms with Crippen LogP contribution in [0.4, 0.5) is 0 Å². The Labute approximate surface area is 217 Å². The van der Waals surface area contributed by atoms with E-state index >= 15 is 0 Å². The number of ether oxygens (including phenoxy) is 6. The number of rotatable bonds is 15. The van der Waals surface area contributed by atoms with Gasteiger partial charge in [-0.15, -0.1) is 6.58 Å². The summed E-state index contributed by atoms with van der Waals surface area (Å²) >= 11 is 0. The monoisotopic (exact) mass is 514 g/mol. The zero-order valence-corrected chi connectivity index (χ0v) is 23.1. The molecule has 0 spiro atoms. The van der Waals surface area contributed by atoms with Crippen molar-refractivity contribution in [3.8, 4) is 0 Å². The van der Waals surface area contributed by atoms with E-state index < -0.39 is 26.6 Å². The van der Waals surface area contributed by atoms with Crippen molar-refractivity contribution in [2.45, 2.75) is 76.5 Å². The summed E-state index contributed by atoms with van der Waals surface area (Å²) in [4.78, 5) is 0. The molecule has 0 radical (unpaired) electrons. The fourth-order valence-electron chi connectivity index (χ4n) is 3.96. The van der Waals surface area contributed by atoms with Gasteiger partial charge in [0.1, 0.15) is 25.1 Å². The number of benzene rings is 2. The van der Waals surface area contributed by atoms with E-state index in [2.05, 4.69) is 26.2 Å². The summed E-state index contributed by atoms with van der Waals surface area (Å²) in [5, 5.41) is 0. The lowest BCUT2D eigenvalue weighted by Gasteiger charge is -2.44. The van der Waals surface area contributed by atoms with Crippen molar-refractivity contribution in [2.75, 3.05) is 20.0 Å². The van der Waals surface area contributed by atoms with Gasteiger partial charge in [0.2, 0.25) is 0 Å². The normalized spacial score (nSPS) is 24.5. The van der Waals surface area contributed by atoms with Crippen molar-refractivity contribution in [1.29, 1.82) is 0 Å². The van der Waals surface area contributed by atoms with Crippen molar-refractivity contribution < 1.29 is 28.4 Å². The van der Waals surface area contributed by atoms with Crippen LogP contribution in [0.25, 0.3) is 0 Å². The van der Waals surface area contributed by atoms with Gasteiger partial charge in [0.05, 0.1) is 25.9 Å². The number of hydrogen-bond donors (Lipinski definition) is 0. The molecular weight excluding hydrogens is 472 g/mol. The van der Waals surface area contributed by atoms with E-state index in [0.717, 1.165) is 17.2 Å². The van der Waals surface area contributed by atoms with Gasteiger partial charge in [0.15, 0.2) is 6.29 Å². The Balaban J connectivity index is 1.75. The van der Waals surface area contributed by atoms with E-state index in [4.69, 9.17) is 28.4 Å². The van der Waals surface area contributed by atoms with Gasteiger partial charge in [-0.05, 0) is 24.1 Å². The molecule has 0 saturated carbocycles. The standard InChI is InChI=1S/C29H42O6Si/c1-6-17-31-29-28(33-21-25-15-11-8-12-16-25)27(34-22-30-18-19-36(3,4)5)26(23(2)35-29)32-20-24-13-9-7-10-14-24/h6-16,23,26-29H,1,17-22H2,2-5H3/t23-,26-,27+,28+,29+/m0/s1. The highest BCUT2D eigenvalue weighted by Gasteiger charge is 2.47. The molecule has 36 heavy (non-hydrogen) atoms. The first kappa shape index (κ1) is 28.7. The van der Waals surface area contributed by atoms with Crippen LogP contribution >= 0.6 is 0 Å². The van der Waals surface area contributed by atoms with Crippen LogP contribution in [-0.2, 0) is 41.6 Å². The van der Waals surface area contributed by atoms with Crippen LogP contribution in [0.1, 0.15) is 18.1 Å². The molecule has 1 aliphatic heterocycles. The molecule has 2 aromatic rings. The van der Waals surface area contributed by atoms with Gasteiger partial charge in [-0.2, -0.15) is 0 Å². The first-order valence-electron chi connectivity index (χ1n) is 12.8. The van der Waals surface area contributed by atoms with E-state index in [0.29, 0.717) is 26.4 Å². The van der Waals surface area contributed by atoms with E-state index in [1.54, 1.807) is 6.08 Å². The lowest BCUT2D eigenvalue weighted by Crippen LogP contribution is -2.60. The molecule has 6 nitrogen and oxygen atoms in total. The summed E-state index contributed by atoms with van der Waals surface area (Å²) in [5.74, 6) is 0. The highest BCUT2D eigenvalue weighted by molar-refractivity contribution is 6.76. The summed E-state index contributed by atoms with van der Waals surface area (Å²) in [6.07, 6.45) is -0.506. The molecular formula is C29H42O6Si. The van der Waals surface area contributed by atoms with Crippen LogP contribution in [0, 0.1) is 0 Å². The Hall–Kier alpha value is -1.84. The van der Waals surface area contributed by atoms with E-state index in [-0.39, 0.29) is 19.0 Å². The predicted molar refractivity (Wildman–Crippen MR) is 144 cm³/mol. The molecule has 3 rings (SSSR count). The van der Waals surface area contributed by atoms with E-state index in [9.17, 15) is 0 Å². The Kier molecular flexibility index (Phi) is 11.8. The second kappa shape index (κ2) is 14.8. The molecule has 198 valence electrons. The summed E-state index contributed by atoms with van der Waals surface area (Å²) < 4.78 is 37.2. The first-order valence-corrected chi connectivity index (χ1v) is 16.5. The van der Waals surface area contributed by atoms with Crippen LogP contribution in [0.5, 0.6) is 0 Å². The molecule has 1 heterocycles. The van der Waals surface area contributed by atoms with Gasteiger partial charge in [-0.3, -0.25) is 0 Å². The summed E-state index contributed by atoms with van der Waals surface area (Å²) in [7, 11) is -1.19. The van der Waals surface area contributed by atoms with Gasteiger partial charge in [0, 0.05) is 14.7 Å². The van der Waals surface area contributed by atoms with Gasteiger partial charge < -0.3 is 28.4 Å². The van der Waals surface area contributed by atoms with Crippen molar-refractivity contribution >= 4 is 8.07 Å². The lowest BCUT2D eigenvalue weighted by molar-refractivity contribution is -0.324. The zero-order valence-electron chi connectivity index (χ0n) is 22.1. The third kappa shape index (κ3) is 9.56. The highest BCUT2D eigenvalue weighted by Crippen LogP contribution is 2.30. The Morgan fingerprint density at radius 3 is 1.94 bits per heavy atom. The molecule has 1 fully saturated rings. The highest BCUT2D eigenvalue weighted by atomic mass is 28.3. The van der Waals surface area contributed by atoms with Gasteiger partial charge in [-0.1, -0.05) is 86.4 Å². The average molecular weight is 515 g/mol. The Bertz CT molecular complexity index is 872. The summed E-state index contributed by atoms with van der Waals surface area (Å²) in [6, 6.07) is 21.2. The molecule has 0 N–H and O–H groups in total. The Morgan fingerprint density at radius 1 is 0.806 bits per heavy atom. The fraction of sp³-hybridized carbons (Fsp3) is 0.517. The lowest BCUT2D eigenvalue weighted by atomic mass is 9.98. The second-order valence-corrected chi connectivity index (χ2v) is 15.9. The quantitative estimate of drug-likeness (QED) is 0.130. The van der Waals surface area contributed by atoms with Gasteiger partial charge in [-0.25, -0.2) is 0 Å². The summed E-state index contributed by atoms with van der Waals surface area (Å²) in [6.45, 7) is 14.8. The van der Waals surface area contributed by atoms with Crippen molar-refractivity contribution in [1.82, 2.24) is 0 Å². The molecule has 7 heteroatoms.